The van der Waals surface area contributed by atoms with Crippen LogP contribution in [0, 0.1) is 6.92 Å². The molecule has 0 fully saturated rings. The Balaban J connectivity index is 0.00000171. The number of para-hydroxylation sites is 1. The minimum Gasteiger partial charge on any atom is -0.387 e. The van der Waals surface area contributed by atoms with E-state index in [9.17, 15) is 0 Å². The molecule has 5 N–H and O–H groups in total. The highest BCUT2D eigenvalue weighted by Crippen LogP contribution is 2.21. The number of hydrogen-bond acceptors (Lipinski definition) is 4. The van der Waals surface area contributed by atoms with E-state index in [0.29, 0.717) is 5.84 Å². The van der Waals surface area contributed by atoms with Crippen LogP contribution in [-0.4, -0.2) is 33.3 Å². The van der Waals surface area contributed by atoms with E-state index in [2.05, 4.69) is 41.2 Å². The quantitative estimate of drug-likeness (QED) is 0.354. The number of aliphatic imine (C=N–C) groups is 1. The number of aryl methyl sites for hydroxylation is 3. The molecule has 0 unspecified atom stereocenters. The summed E-state index contributed by atoms with van der Waals surface area (Å²) in [6, 6.07) is 14.2. The number of benzene rings is 2. The first-order valence-electron chi connectivity index (χ1n) is 9.27. The van der Waals surface area contributed by atoms with Gasteiger partial charge in [0.25, 0.3) is 0 Å². The van der Waals surface area contributed by atoms with Gasteiger partial charge in [-0.1, -0.05) is 35.9 Å². The van der Waals surface area contributed by atoms with Crippen molar-refractivity contribution in [3.05, 3.63) is 64.2 Å². The minimum atomic E-state index is 0.672. The summed E-state index contributed by atoms with van der Waals surface area (Å²) in [6.07, 6.45) is 3.71. The molecule has 0 aliphatic carbocycles. The van der Waals surface area contributed by atoms with Gasteiger partial charge in [-0.25, -0.2) is 4.99 Å². The van der Waals surface area contributed by atoms with Crippen molar-refractivity contribution >= 4 is 29.9 Å². The molecule has 0 heterocycles. The van der Waals surface area contributed by atoms with Crippen molar-refractivity contribution in [3.8, 4) is 0 Å². The van der Waals surface area contributed by atoms with E-state index in [-0.39, 0.29) is 0 Å². The van der Waals surface area contributed by atoms with Crippen molar-refractivity contribution in [2.45, 2.75) is 32.6 Å². The molecule has 5 nitrogen and oxygen atoms in total. The molecule has 0 atom stereocenters. The van der Waals surface area contributed by atoms with Crippen molar-refractivity contribution in [2.24, 2.45) is 16.5 Å². The molecule has 2 aromatic rings. The molecular weight excluding hydrogens is 372 g/mol. The van der Waals surface area contributed by atoms with Crippen molar-refractivity contribution in [2.75, 3.05) is 20.6 Å². The van der Waals surface area contributed by atoms with Crippen molar-refractivity contribution in [1.82, 2.24) is 5.32 Å². The summed E-state index contributed by atoms with van der Waals surface area (Å²) in [5.41, 5.74) is 15.4. The summed E-state index contributed by atoms with van der Waals surface area (Å²) in [4.78, 5) is 12.6. The van der Waals surface area contributed by atoms with Crippen LogP contribution >= 0.6 is 11.6 Å². The first-order valence-corrected chi connectivity index (χ1v) is 9.65. The Hall–Kier alpha value is -2.21. The molecule has 0 aliphatic heterocycles. The lowest BCUT2D eigenvalue weighted by Gasteiger charge is -2.08. The number of hydrogen-bond donors (Lipinski definition) is 3. The standard InChI is InChI=1S/C20H26ClN3.CH5N.CH2O/c1-15-14-18(21)11-9-16(15)10-12-20(22)24-19-8-4-3-6-17(19)7-5-13-23-2;2*1-2/h3-4,6,8-9,11,14,23H,5,7,10,12-13H2,1-2H3,(H2,22,24);2H2,1H3;1H2. The van der Waals surface area contributed by atoms with Crippen LogP contribution in [0.1, 0.15) is 29.5 Å². The summed E-state index contributed by atoms with van der Waals surface area (Å²) < 4.78 is 0. The van der Waals surface area contributed by atoms with Gasteiger partial charge in [0.15, 0.2) is 0 Å². The predicted octanol–water partition coefficient (Wildman–Crippen LogP) is 3.81. The monoisotopic (exact) mass is 404 g/mol. The van der Waals surface area contributed by atoms with E-state index in [1.807, 2.05) is 38.1 Å². The maximum Gasteiger partial charge on any atom is 0.106 e. The van der Waals surface area contributed by atoms with E-state index in [0.717, 1.165) is 42.9 Å². The third-order valence-electron chi connectivity index (χ3n) is 4.08. The van der Waals surface area contributed by atoms with Gasteiger partial charge in [-0.3, -0.25) is 0 Å². The van der Waals surface area contributed by atoms with E-state index in [1.54, 1.807) is 0 Å². The molecule has 0 spiro atoms. The molecule has 0 aliphatic rings. The fourth-order valence-electron chi connectivity index (χ4n) is 2.70. The van der Waals surface area contributed by atoms with Gasteiger partial charge < -0.3 is 21.6 Å². The number of carbonyl (C=O) groups excluding carboxylic acids is 1. The van der Waals surface area contributed by atoms with Gasteiger partial charge in [-0.15, -0.1) is 0 Å². The van der Waals surface area contributed by atoms with Crippen LogP contribution in [0.4, 0.5) is 5.69 Å². The first-order chi connectivity index (χ1) is 13.6. The van der Waals surface area contributed by atoms with Gasteiger partial charge in [-0.05, 0) is 81.7 Å². The molecule has 0 bridgehead atoms. The van der Waals surface area contributed by atoms with Gasteiger partial charge in [0.05, 0.1) is 11.5 Å². The highest BCUT2D eigenvalue weighted by molar-refractivity contribution is 6.30. The third-order valence-corrected chi connectivity index (χ3v) is 4.32. The minimum absolute atomic E-state index is 0.672. The second-order valence-corrected chi connectivity index (χ2v) is 6.45. The number of rotatable bonds is 8. The average molecular weight is 405 g/mol. The van der Waals surface area contributed by atoms with Crippen LogP contribution < -0.4 is 16.8 Å². The van der Waals surface area contributed by atoms with E-state index < -0.39 is 0 Å². The molecule has 0 saturated heterocycles. The predicted molar refractivity (Wildman–Crippen MR) is 122 cm³/mol. The number of nitrogens with zero attached hydrogens (tertiary/aromatic N) is 1. The zero-order chi connectivity index (χ0) is 21.4. The number of amidine groups is 1. The lowest BCUT2D eigenvalue weighted by molar-refractivity contribution is -0.0979. The van der Waals surface area contributed by atoms with Crippen molar-refractivity contribution in [3.63, 3.8) is 0 Å². The van der Waals surface area contributed by atoms with Gasteiger partial charge in [0, 0.05) is 11.4 Å². The van der Waals surface area contributed by atoms with Crippen LogP contribution in [-0.2, 0) is 17.6 Å². The Bertz CT molecular complexity index is 719. The summed E-state index contributed by atoms with van der Waals surface area (Å²) in [5.74, 6) is 0.672. The van der Waals surface area contributed by atoms with Crippen molar-refractivity contribution in [1.29, 1.82) is 0 Å². The number of carbonyl (C=O) groups is 1. The molecular formula is C22H33ClN4O. The first kappa shape index (κ1) is 25.8. The molecule has 0 amide bonds. The second-order valence-electron chi connectivity index (χ2n) is 6.01. The fraction of sp³-hybridized carbons (Fsp3) is 0.364. The number of nitrogens with two attached hydrogens (primary N) is 2. The molecule has 2 aromatic carbocycles. The van der Waals surface area contributed by atoms with E-state index in [1.165, 1.54) is 23.7 Å². The van der Waals surface area contributed by atoms with Crippen LogP contribution in [0.5, 0.6) is 0 Å². The normalized spacial score (nSPS) is 10.4. The summed E-state index contributed by atoms with van der Waals surface area (Å²) in [5, 5.41) is 3.95. The fourth-order valence-corrected chi connectivity index (χ4v) is 2.93. The second kappa shape index (κ2) is 15.8. The lowest BCUT2D eigenvalue weighted by Crippen LogP contribution is -2.13. The van der Waals surface area contributed by atoms with Gasteiger partial charge in [0.1, 0.15) is 6.79 Å². The number of nitrogens with one attached hydrogen (secondary N) is 1. The molecule has 0 saturated carbocycles. The summed E-state index contributed by atoms with van der Waals surface area (Å²) in [6.45, 7) is 5.08. The summed E-state index contributed by atoms with van der Waals surface area (Å²) in [7, 11) is 3.47. The molecule has 6 heteroatoms. The average Bonchev–Trinajstić information content (AvgIpc) is 2.72. The molecule has 28 heavy (non-hydrogen) atoms. The topological polar surface area (TPSA) is 93.5 Å². The Kier molecular flexibility index (Phi) is 14.6. The summed E-state index contributed by atoms with van der Waals surface area (Å²) >= 11 is 6.00. The molecule has 0 radical (unpaired) electrons. The Labute approximate surface area is 174 Å². The Morgan fingerprint density at radius 1 is 1.11 bits per heavy atom. The van der Waals surface area contributed by atoms with E-state index in [4.69, 9.17) is 22.1 Å². The van der Waals surface area contributed by atoms with Crippen LogP contribution in [0.15, 0.2) is 47.5 Å². The largest absolute Gasteiger partial charge is 0.387 e. The van der Waals surface area contributed by atoms with Gasteiger partial charge in [-0.2, -0.15) is 0 Å². The van der Waals surface area contributed by atoms with Gasteiger partial charge in [0.2, 0.25) is 0 Å². The smallest absolute Gasteiger partial charge is 0.106 e. The Morgan fingerprint density at radius 3 is 2.43 bits per heavy atom. The highest BCUT2D eigenvalue weighted by Gasteiger charge is 2.04. The SMILES string of the molecule is C=O.CN.CNCCCc1ccccc1N=C(N)CCc1ccc(Cl)cc1C. The van der Waals surface area contributed by atoms with Crippen molar-refractivity contribution < 1.29 is 4.79 Å². The highest BCUT2D eigenvalue weighted by atomic mass is 35.5. The Morgan fingerprint density at radius 2 is 1.79 bits per heavy atom. The van der Waals surface area contributed by atoms with Gasteiger partial charge >= 0.3 is 0 Å². The maximum atomic E-state index is 8.00. The lowest BCUT2D eigenvalue weighted by atomic mass is 10.0. The van der Waals surface area contributed by atoms with E-state index >= 15 is 0 Å². The molecule has 0 aromatic heterocycles. The van der Waals surface area contributed by atoms with Crippen LogP contribution in [0.2, 0.25) is 5.02 Å². The zero-order valence-electron chi connectivity index (χ0n) is 17.2. The number of halogens is 1. The van der Waals surface area contributed by atoms with Crippen LogP contribution in [0.3, 0.4) is 0 Å². The zero-order valence-corrected chi connectivity index (χ0v) is 17.9. The molecule has 154 valence electrons. The third kappa shape index (κ3) is 9.65. The van der Waals surface area contributed by atoms with Crippen LogP contribution in [0.25, 0.3) is 0 Å². The maximum absolute atomic E-state index is 8.00. The molecule has 2 rings (SSSR count).